The summed E-state index contributed by atoms with van der Waals surface area (Å²) in [7, 11) is -9.89. The largest absolute Gasteiger partial charge is 0.472 e. The second kappa shape index (κ2) is 56.1. The van der Waals surface area contributed by atoms with Gasteiger partial charge in [0, 0.05) is 25.7 Å². The lowest BCUT2D eigenvalue weighted by atomic mass is 10.00. The van der Waals surface area contributed by atoms with Gasteiger partial charge in [0.05, 0.1) is 26.4 Å². The lowest BCUT2D eigenvalue weighted by molar-refractivity contribution is -0.161. The highest BCUT2D eigenvalue weighted by molar-refractivity contribution is 7.47. The third-order valence-corrected chi connectivity index (χ3v) is 17.3. The van der Waals surface area contributed by atoms with Gasteiger partial charge in [0.15, 0.2) is 12.2 Å². The van der Waals surface area contributed by atoms with Crippen LogP contribution in [0.25, 0.3) is 0 Å². The van der Waals surface area contributed by atoms with Gasteiger partial charge in [-0.3, -0.25) is 37.3 Å². The first kappa shape index (κ1) is 83.1. The van der Waals surface area contributed by atoms with Crippen LogP contribution >= 0.6 is 15.6 Å². The Morgan fingerprint density at radius 1 is 0.329 bits per heavy atom. The minimum absolute atomic E-state index is 0.101. The van der Waals surface area contributed by atoms with E-state index >= 15 is 0 Å². The molecule has 0 saturated heterocycles. The molecule has 6 atom stereocenters. The van der Waals surface area contributed by atoms with Gasteiger partial charge >= 0.3 is 39.5 Å². The fourth-order valence-corrected chi connectivity index (χ4v) is 11.3. The number of ether oxygens (including phenoxy) is 4. The number of phosphoric ester groups is 2. The molecule has 0 aliphatic heterocycles. The van der Waals surface area contributed by atoms with Crippen LogP contribution in [-0.2, 0) is 65.4 Å². The number of phosphoric acid groups is 2. The van der Waals surface area contributed by atoms with Crippen molar-refractivity contribution in [1.29, 1.82) is 0 Å². The molecule has 0 aromatic rings. The summed E-state index contributed by atoms with van der Waals surface area (Å²) in [4.78, 5) is 72.2. The zero-order valence-corrected chi connectivity index (χ0v) is 57.0. The van der Waals surface area contributed by atoms with Crippen molar-refractivity contribution in [3.8, 4) is 0 Å². The summed E-state index contributed by atoms with van der Waals surface area (Å²) in [5.41, 5.74) is 0. The average molecular weight is 1260 g/mol. The van der Waals surface area contributed by atoms with Crippen molar-refractivity contribution in [3.05, 3.63) is 0 Å². The molecule has 0 radical (unpaired) electrons. The number of unbranched alkanes of at least 4 members (excludes halogenated alkanes) is 28. The highest BCUT2D eigenvalue weighted by Gasteiger charge is 2.30. The van der Waals surface area contributed by atoms with Gasteiger partial charge in [-0.05, 0) is 49.4 Å². The number of esters is 4. The molecular weight excluding hydrogens is 1130 g/mol. The van der Waals surface area contributed by atoms with E-state index < -0.39 is 97.5 Å². The standard InChI is InChI=1S/C66H128O17P2/c1-9-59(8)45-37-29-23-25-31-39-47-64(69)77-53-62(83-66(71)49-41-33-24-22-28-36-44-58(6)7)55-81-85(74,75)79-51-60(67)50-78-84(72,73)80-54-61(82-65(70)48-40-32-21-17-19-27-35-43-57(4)5)52-76-63(68)46-38-30-20-16-14-12-10-11-13-15-18-26-34-42-56(2)3/h56-62,67H,9-55H2,1-8H3,(H,72,73)(H,74,75)/t59?,60-,61-,62-/m1/s1. The Kier molecular flexibility index (Phi) is 54.8. The van der Waals surface area contributed by atoms with E-state index in [1.54, 1.807) is 0 Å². The van der Waals surface area contributed by atoms with Gasteiger partial charge in [0.1, 0.15) is 19.3 Å². The lowest BCUT2D eigenvalue weighted by Gasteiger charge is -2.21. The van der Waals surface area contributed by atoms with Crippen LogP contribution in [0.15, 0.2) is 0 Å². The number of aliphatic hydroxyl groups is 1. The third-order valence-electron chi connectivity index (χ3n) is 15.4. The monoisotopic (exact) mass is 1250 g/mol. The van der Waals surface area contributed by atoms with E-state index in [1.807, 2.05) is 0 Å². The fraction of sp³-hybridized carbons (Fsp3) is 0.939. The van der Waals surface area contributed by atoms with E-state index in [4.69, 9.17) is 37.0 Å². The van der Waals surface area contributed by atoms with Gasteiger partial charge in [-0.15, -0.1) is 0 Å². The number of aliphatic hydroxyl groups excluding tert-OH is 1. The highest BCUT2D eigenvalue weighted by Crippen LogP contribution is 2.45. The minimum Gasteiger partial charge on any atom is -0.462 e. The summed E-state index contributed by atoms with van der Waals surface area (Å²) in [6.07, 6.45) is 36.5. The number of rotatable bonds is 63. The maximum absolute atomic E-state index is 13.0. The summed E-state index contributed by atoms with van der Waals surface area (Å²) < 4.78 is 68.0. The first-order valence-electron chi connectivity index (χ1n) is 34.2. The van der Waals surface area contributed by atoms with Crippen LogP contribution in [0.3, 0.4) is 0 Å². The van der Waals surface area contributed by atoms with Gasteiger partial charge in [0.2, 0.25) is 0 Å². The number of hydrogen-bond acceptors (Lipinski definition) is 15. The predicted molar refractivity (Wildman–Crippen MR) is 340 cm³/mol. The van der Waals surface area contributed by atoms with Crippen LogP contribution in [0, 0.1) is 23.7 Å². The Bertz CT molecular complexity index is 1700. The van der Waals surface area contributed by atoms with Crippen molar-refractivity contribution in [1.82, 2.24) is 0 Å². The second-order valence-corrected chi connectivity index (χ2v) is 28.4. The summed E-state index contributed by atoms with van der Waals surface area (Å²) in [5, 5.41) is 10.5. The number of carbonyl (C=O) groups excluding carboxylic acids is 4. The van der Waals surface area contributed by atoms with E-state index in [0.29, 0.717) is 37.5 Å². The molecule has 0 heterocycles. The predicted octanol–water partition coefficient (Wildman–Crippen LogP) is 18.1. The molecule has 0 aliphatic carbocycles. The molecular formula is C66H128O17P2. The Labute approximate surface area is 517 Å². The lowest BCUT2D eigenvalue weighted by Crippen LogP contribution is -2.30. The SMILES string of the molecule is CCC(C)CCCCCCCCC(=O)OC[C@H](COP(=O)(O)OC[C@H](O)COP(=O)(O)OC[C@@H](COC(=O)CCCCCCCCCCCCCCCC(C)C)OC(=O)CCCCCCCCCC(C)C)OC(=O)CCCCCCCCC(C)C. The first-order valence-corrected chi connectivity index (χ1v) is 37.2. The van der Waals surface area contributed by atoms with Crippen molar-refractivity contribution in [2.75, 3.05) is 39.6 Å². The molecule has 17 nitrogen and oxygen atoms in total. The molecule has 0 spiro atoms. The van der Waals surface area contributed by atoms with Gasteiger partial charge in [0.25, 0.3) is 0 Å². The molecule has 0 aromatic carbocycles. The molecule has 3 unspecified atom stereocenters. The minimum atomic E-state index is -4.95. The average Bonchev–Trinajstić information content (AvgIpc) is 3.54. The number of carbonyl (C=O) groups is 4. The molecule has 0 bridgehead atoms. The molecule has 0 fully saturated rings. The zero-order chi connectivity index (χ0) is 63.2. The fourth-order valence-electron chi connectivity index (χ4n) is 9.75. The van der Waals surface area contributed by atoms with Crippen LogP contribution in [-0.4, -0.2) is 96.7 Å². The van der Waals surface area contributed by atoms with Crippen molar-refractivity contribution in [2.45, 2.75) is 337 Å². The van der Waals surface area contributed by atoms with Crippen molar-refractivity contribution < 1.29 is 80.2 Å². The van der Waals surface area contributed by atoms with Crippen LogP contribution in [0.2, 0.25) is 0 Å². The molecule has 0 aliphatic rings. The topological polar surface area (TPSA) is 237 Å². The highest BCUT2D eigenvalue weighted by atomic mass is 31.2. The zero-order valence-electron chi connectivity index (χ0n) is 55.2. The molecule has 0 aromatic heterocycles. The van der Waals surface area contributed by atoms with Crippen molar-refractivity contribution in [2.24, 2.45) is 23.7 Å². The van der Waals surface area contributed by atoms with Crippen LogP contribution in [0.1, 0.15) is 319 Å². The molecule has 85 heavy (non-hydrogen) atoms. The molecule has 0 rings (SSSR count). The summed E-state index contributed by atoms with van der Waals surface area (Å²) >= 11 is 0. The number of hydrogen-bond donors (Lipinski definition) is 3. The molecule has 19 heteroatoms. The van der Waals surface area contributed by atoms with E-state index in [0.717, 1.165) is 108 Å². The molecule has 504 valence electrons. The molecule has 0 amide bonds. The smallest absolute Gasteiger partial charge is 0.462 e. The van der Waals surface area contributed by atoms with Gasteiger partial charge in [-0.25, -0.2) is 9.13 Å². The summed E-state index contributed by atoms with van der Waals surface area (Å²) in [6, 6.07) is 0. The maximum Gasteiger partial charge on any atom is 0.472 e. The van der Waals surface area contributed by atoms with Gasteiger partial charge in [-0.1, -0.05) is 267 Å². The van der Waals surface area contributed by atoms with Crippen molar-refractivity contribution in [3.63, 3.8) is 0 Å². The van der Waals surface area contributed by atoms with E-state index in [9.17, 15) is 43.2 Å². The maximum atomic E-state index is 13.0. The normalized spacial score (nSPS) is 14.7. The van der Waals surface area contributed by atoms with Crippen LogP contribution in [0.5, 0.6) is 0 Å². The Morgan fingerprint density at radius 3 is 0.835 bits per heavy atom. The third kappa shape index (κ3) is 59.5. The van der Waals surface area contributed by atoms with E-state index in [-0.39, 0.29) is 25.7 Å². The van der Waals surface area contributed by atoms with Crippen LogP contribution < -0.4 is 0 Å². The van der Waals surface area contributed by atoms with E-state index in [2.05, 4.69) is 55.4 Å². The Morgan fingerprint density at radius 2 is 0.565 bits per heavy atom. The van der Waals surface area contributed by atoms with Gasteiger partial charge < -0.3 is 33.8 Å². The molecule has 0 saturated carbocycles. The van der Waals surface area contributed by atoms with E-state index in [1.165, 1.54) is 116 Å². The second-order valence-electron chi connectivity index (χ2n) is 25.5. The summed E-state index contributed by atoms with van der Waals surface area (Å²) in [5.74, 6) is 0.745. The van der Waals surface area contributed by atoms with Crippen molar-refractivity contribution >= 4 is 39.5 Å². The Balaban J connectivity index is 5.20. The summed E-state index contributed by atoms with van der Waals surface area (Å²) in [6.45, 7) is 13.9. The first-order chi connectivity index (χ1) is 40.6. The molecule has 3 N–H and O–H groups in total. The van der Waals surface area contributed by atoms with Crippen LogP contribution in [0.4, 0.5) is 0 Å². The Hall–Kier alpha value is -1.94. The van der Waals surface area contributed by atoms with Gasteiger partial charge in [-0.2, -0.15) is 0 Å². The quantitative estimate of drug-likeness (QED) is 0.0222.